The Kier molecular flexibility index (Phi) is 3.10. The van der Waals surface area contributed by atoms with Crippen LogP contribution in [0.5, 0.6) is 0 Å². The van der Waals surface area contributed by atoms with Gasteiger partial charge in [-0.05, 0) is 6.92 Å². The van der Waals surface area contributed by atoms with Crippen LogP contribution in [0.4, 0.5) is 0 Å². The third-order valence-corrected chi connectivity index (χ3v) is 0.461. The average molecular weight is 103 g/mol. The number of hydrogen-bond donors (Lipinski definition) is 1. The van der Waals surface area contributed by atoms with Gasteiger partial charge in [0.15, 0.2) is 0 Å². The molecule has 0 radical (unpaired) electrons. The summed E-state index contributed by atoms with van der Waals surface area (Å²) in [4.78, 5) is 0. The molecule has 0 saturated carbocycles. The summed E-state index contributed by atoms with van der Waals surface area (Å²) >= 11 is 0. The van der Waals surface area contributed by atoms with Crippen molar-refractivity contribution >= 4 is 6.08 Å². The van der Waals surface area contributed by atoms with E-state index in [4.69, 9.17) is 5.41 Å². The lowest BCUT2D eigenvalue weighted by molar-refractivity contribution is 0.204. The summed E-state index contributed by atoms with van der Waals surface area (Å²) in [6, 6.07) is 0. The van der Waals surface area contributed by atoms with Gasteiger partial charge in [-0.3, -0.25) is 0 Å². The first-order valence-electron chi connectivity index (χ1n) is 2.06. The van der Waals surface area contributed by atoms with Crippen molar-refractivity contribution in [2.75, 3.05) is 13.7 Å². The van der Waals surface area contributed by atoms with Crippen molar-refractivity contribution in [1.82, 2.24) is 0 Å². The third-order valence-electron chi connectivity index (χ3n) is 0.461. The van der Waals surface area contributed by atoms with Crippen LogP contribution in [-0.2, 0) is 9.47 Å². The standard InChI is InChI=1S/C4H9NO2/c1-3-7-4(5)6-2/h5H,3H2,1-2H3. The maximum absolute atomic E-state index is 6.69. The molecule has 0 atom stereocenters. The zero-order valence-corrected chi connectivity index (χ0v) is 4.52. The Bertz CT molecular complexity index is 62.7. The zero-order valence-electron chi connectivity index (χ0n) is 4.52. The average Bonchev–Trinajstić information content (AvgIpc) is 1.68. The second-order valence-corrected chi connectivity index (χ2v) is 0.925. The van der Waals surface area contributed by atoms with E-state index in [1.165, 1.54) is 7.11 Å². The van der Waals surface area contributed by atoms with Crippen LogP contribution < -0.4 is 0 Å². The van der Waals surface area contributed by atoms with E-state index in [0.717, 1.165) is 0 Å². The molecule has 1 N–H and O–H groups in total. The normalized spacial score (nSPS) is 7.71. The van der Waals surface area contributed by atoms with Gasteiger partial charge in [-0.2, -0.15) is 0 Å². The third kappa shape index (κ3) is 3.09. The predicted molar refractivity (Wildman–Crippen MR) is 26.4 cm³/mol. The van der Waals surface area contributed by atoms with Crippen LogP contribution in [0.15, 0.2) is 0 Å². The highest BCUT2D eigenvalue weighted by Crippen LogP contribution is 1.75. The Morgan fingerprint density at radius 3 is 2.43 bits per heavy atom. The summed E-state index contributed by atoms with van der Waals surface area (Å²) in [5.74, 6) is 0. The van der Waals surface area contributed by atoms with E-state index >= 15 is 0 Å². The molecule has 0 aromatic carbocycles. The minimum absolute atomic E-state index is 0.123. The molecule has 0 amide bonds. The second-order valence-electron chi connectivity index (χ2n) is 0.925. The van der Waals surface area contributed by atoms with Crippen LogP contribution in [0.1, 0.15) is 6.92 Å². The lowest BCUT2D eigenvalue weighted by Crippen LogP contribution is -2.03. The Balaban J connectivity index is 3.00. The smallest absolute Gasteiger partial charge is 0.380 e. The van der Waals surface area contributed by atoms with Crippen molar-refractivity contribution in [1.29, 1.82) is 5.41 Å². The molecule has 0 fully saturated rings. The molecule has 0 aliphatic rings. The Morgan fingerprint density at radius 2 is 2.29 bits per heavy atom. The van der Waals surface area contributed by atoms with Crippen molar-refractivity contribution in [2.45, 2.75) is 6.92 Å². The molecule has 0 rings (SSSR count). The van der Waals surface area contributed by atoms with Crippen molar-refractivity contribution in [3.05, 3.63) is 0 Å². The predicted octanol–water partition coefficient (Wildman–Crippen LogP) is 0.604. The van der Waals surface area contributed by atoms with E-state index < -0.39 is 0 Å². The number of nitrogens with one attached hydrogen (secondary N) is 1. The monoisotopic (exact) mass is 103 g/mol. The maximum Gasteiger partial charge on any atom is 0.380 e. The molecule has 0 heterocycles. The van der Waals surface area contributed by atoms with E-state index in [1.807, 2.05) is 0 Å². The minimum Gasteiger partial charge on any atom is -0.454 e. The van der Waals surface area contributed by atoms with Crippen LogP contribution in [0.3, 0.4) is 0 Å². The highest BCUT2D eigenvalue weighted by atomic mass is 16.7. The summed E-state index contributed by atoms with van der Waals surface area (Å²) in [5, 5.41) is 6.69. The van der Waals surface area contributed by atoms with E-state index in [9.17, 15) is 0 Å². The second kappa shape index (κ2) is 3.46. The van der Waals surface area contributed by atoms with Gasteiger partial charge < -0.3 is 9.47 Å². The summed E-state index contributed by atoms with van der Waals surface area (Å²) < 4.78 is 8.90. The molecule has 0 aliphatic heterocycles. The molecule has 3 heteroatoms. The first-order chi connectivity index (χ1) is 3.31. The number of ether oxygens (including phenoxy) is 2. The van der Waals surface area contributed by atoms with E-state index in [-0.39, 0.29) is 6.08 Å². The van der Waals surface area contributed by atoms with Crippen LogP contribution in [-0.4, -0.2) is 19.8 Å². The molecule has 42 valence electrons. The fraction of sp³-hybridized carbons (Fsp3) is 0.750. The van der Waals surface area contributed by atoms with Crippen LogP contribution in [0, 0.1) is 5.41 Å². The first-order valence-corrected chi connectivity index (χ1v) is 2.06. The van der Waals surface area contributed by atoms with Crippen LogP contribution in [0.2, 0.25) is 0 Å². The molecule has 3 nitrogen and oxygen atoms in total. The van der Waals surface area contributed by atoms with Crippen LogP contribution in [0.25, 0.3) is 0 Å². The molecule has 0 unspecified atom stereocenters. The zero-order chi connectivity index (χ0) is 5.70. The van der Waals surface area contributed by atoms with E-state index in [0.29, 0.717) is 6.61 Å². The van der Waals surface area contributed by atoms with Gasteiger partial charge in [0.25, 0.3) is 0 Å². The van der Waals surface area contributed by atoms with Crippen LogP contribution >= 0.6 is 0 Å². The van der Waals surface area contributed by atoms with Gasteiger partial charge in [0.1, 0.15) is 0 Å². The van der Waals surface area contributed by atoms with Gasteiger partial charge in [0.05, 0.1) is 13.7 Å². The Hall–Kier alpha value is -0.730. The summed E-state index contributed by atoms with van der Waals surface area (Å²) in [6.07, 6.45) is -0.123. The fourth-order valence-electron chi connectivity index (χ4n) is 0.190. The first kappa shape index (κ1) is 6.27. The summed E-state index contributed by atoms with van der Waals surface area (Å²) in [6.45, 7) is 2.29. The molecule has 0 bridgehead atoms. The van der Waals surface area contributed by atoms with Gasteiger partial charge in [0, 0.05) is 0 Å². The highest BCUT2D eigenvalue weighted by Gasteiger charge is 1.86. The minimum atomic E-state index is -0.123. The van der Waals surface area contributed by atoms with Gasteiger partial charge >= 0.3 is 6.08 Å². The summed E-state index contributed by atoms with van der Waals surface area (Å²) in [7, 11) is 1.40. The van der Waals surface area contributed by atoms with Crippen molar-refractivity contribution < 1.29 is 9.47 Å². The highest BCUT2D eigenvalue weighted by molar-refractivity contribution is 5.62. The lowest BCUT2D eigenvalue weighted by atomic mass is 10.9. The van der Waals surface area contributed by atoms with Gasteiger partial charge in [-0.25, -0.2) is 5.41 Å². The van der Waals surface area contributed by atoms with Crippen molar-refractivity contribution in [3.8, 4) is 0 Å². The van der Waals surface area contributed by atoms with Gasteiger partial charge in [-0.15, -0.1) is 0 Å². The number of rotatable bonds is 1. The Labute approximate surface area is 42.7 Å². The molecule has 7 heavy (non-hydrogen) atoms. The van der Waals surface area contributed by atoms with E-state index in [1.54, 1.807) is 6.92 Å². The molecule has 0 saturated heterocycles. The number of methoxy groups -OCH3 is 1. The SMILES string of the molecule is CCOC(=N)OC. The molecule has 0 aromatic rings. The quantitative estimate of drug-likeness (QED) is 0.390. The maximum atomic E-state index is 6.69. The molecule has 0 aliphatic carbocycles. The Morgan fingerprint density at radius 1 is 1.71 bits per heavy atom. The van der Waals surface area contributed by atoms with E-state index in [2.05, 4.69) is 9.47 Å². The lowest BCUT2D eigenvalue weighted by Gasteiger charge is -1.98. The largest absolute Gasteiger partial charge is 0.454 e. The summed E-state index contributed by atoms with van der Waals surface area (Å²) in [5.41, 5.74) is 0. The van der Waals surface area contributed by atoms with Crippen molar-refractivity contribution in [2.24, 2.45) is 0 Å². The topological polar surface area (TPSA) is 42.3 Å². The number of hydrogen-bond acceptors (Lipinski definition) is 3. The molecular weight excluding hydrogens is 94.0 g/mol. The molecule has 0 aromatic heterocycles. The van der Waals surface area contributed by atoms with Gasteiger partial charge in [-0.1, -0.05) is 0 Å². The molecular formula is C4H9NO2. The van der Waals surface area contributed by atoms with Crippen molar-refractivity contribution in [3.63, 3.8) is 0 Å². The van der Waals surface area contributed by atoms with Gasteiger partial charge in [0.2, 0.25) is 0 Å². The molecule has 0 spiro atoms. The fourth-order valence-corrected chi connectivity index (χ4v) is 0.190.